The molecule has 1 aliphatic rings. The number of halogens is 3. The quantitative estimate of drug-likeness (QED) is 0.868. The van der Waals surface area contributed by atoms with Gasteiger partial charge in [-0.1, -0.05) is 0 Å². The highest BCUT2D eigenvalue weighted by atomic mass is 19.4. The van der Waals surface area contributed by atoms with Crippen molar-refractivity contribution in [3.8, 4) is 11.8 Å². The van der Waals surface area contributed by atoms with Crippen LogP contribution < -0.4 is 15.2 Å². The number of alkyl halides is 3. The van der Waals surface area contributed by atoms with Crippen LogP contribution in [0.1, 0.15) is 19.3 Å². The van der Waals surface area contributed by atoms with Gasteiger partial charge in [0.05, 0.1) is 25.3 Å². The molecule has 0 saturated heterocycles. The summed E-state index contributed by atoms with van der Waals surface area (Å²) in [4.78, 5) is 3.95. The molecule has 1 fully saturated rings. The van der Waals surface area contributed by atoms with E-state index in [1.165, 1.54) is 12.1 Å². The normalized spacial score (nSPS) is 15.3. The highest BCUT2D eigenvalue weighted by Crippen LogP contribution is 2.31. The minimum Gasteiger partial charge on any atom is -0.477 e. The lowest BCUT2D eigenvalue weighted by Gasteiger charge is -2.11. The van der Waals surface area contributed by atoms with Gasteiger partial charge >= 0.3 is 6.18 Å². The molecule has 0 amide bonds. The highest BCUT2D eigenvalue weighted by Gasteiger charge is 2.27. The van der Waals surface area contributed by atoms with Crippen molar-refractivity contribution in [3.05, 3.63) is 12.1 Å². The number of aromatic nitrogens is 1. The second kappa shape index (κ2) is 5.54. The van der Waals surface area contributed by atoms with Crippen molar-refractivity contribution >= 4 is 5.69 Å². The largest absolute Gasteiger partial charge is 0.477 e. The molecule has 7 heteroatoms. The number of anilines is 1. The van der Waals surface area contributed by atoms with Gasteiger partial charge in [-0.2, -0.15) is 18.2 Å². The van der Waals surface area contributed by atoms with Gasteiger partial charge < -0.3 is 15.2 Å². The lowest BCUT2D eigenvalue weighted by atomic mass is 10.4. The maximum atomic E-state index is 12.0. The number of hydrogen-bond acceptors (Lipinski definition) is 4. The molecule has 0 atom stereocenters. The number of rotatable bonds is 6. The van der Waals surface area contributed by atoms with Gasteiger partial charge in [0.2, 0.25) is 11.8 Å². The Labute approximate surface area is 108 Å². The van der Waals surface area contributed by atoms with E-state index in [0.717, 1.165) is 12.8 Å². The molecule has 0 spiro atoms. The summed E-state index contributed by atoms with van der Waals surface area (Å²) < 4.78 is 46.3. The van der Waals surface area contributed by atoms with Gasteiger partial charge in [-0.3, -0.25) is 0 Å². The maximum Gasteiger partial charge on any atom is 0.392 e. The minimum atomic E-state index is -4.24. The standard InChI is InChI=1S/C12H15F3N2O2/c13-12(14,15)5-6-18-10-4-3-9(16)11(17-10)19-7-8-1-2-8/h3-4,8H,1-2,5-7,16H2. The summed E-state index contributed by atoms with van der Waals surface area (Å²) in [6, 6.07) is 2.94. The average molecular weight is 276 g/mol. The van der Waals surface area contributed by atoms with Crippen molar-refractivity contribution in [2.75, 3.05) is 18.9 Å². The Hall–Kier alpha value is -1.66. The zero-order chi connectivity index (χ0) is 13.9. The third kappa shape index (κ3) is 4.84. The van der Waals surface area contributed by atoms with E-state index in [1.54, 1.807) is 0 Å². The number of pyridine rings is 1. The highest BCUT2D eigenvalue weighted by molar-refractivity contribution is 5.49. The van der Waals surface area contributed by atoms with Crippen LogP contribution in [0.5, 0.6) is 11.8 Å². The molecule has 2 rings (SSSR count). The fraction of sp³-hybridized carbons (Fsp3) is 0.583. The third-order valence-electron chi connectivity index (χ3n) is 2.65. The number of nitrogen functional groups attached to an aromatic ring is 1. The van der Waals surface area contributed by atoms with E-state index < -0.39 is 19.2 Å². The van der Waals surface area contributed by atoms with Crippen molar-refractivity contribution < 1.29 is 22.6 Å². The Kier molecular flexibility index (Phi) is 4.01. The first-order chi connectivity index (χ1) is 8.94. The van der Waals surface area contributed by atoms with E-state index >= 15 is 0 Å². The Morgan fingerprint density at radius 3 is 2.63 bits per heavy atom. The zero-order valence-corrected chi connectivity index (χ0v) is 10.2. The van der Waals surface area contributed by atoms with Crippen LogP contribution >= 0.6 is 0 Å². The predicted octanol–water partition coefficient (Wildman–Crippen LogP) is 2.78. The van der Waals surface area contributed by atoms with Crippen LogP contribution in [0.2, 0.25) is 0 Å². The molecular weight excluding hydrogens is 261 g/mol. The molecular formula is C12H15F3N2O2. The van der Waals surface area contributed by atoms with Crippen LogP contribution in [0.3, 0.4) is 0 Å². The zero-order valence-electron chi connectivity index (χ0n) is 10.2. The van der Waals surface area contributed by atoms with Crippen molar-refractivity contribution in [2.24, 2.45) is 5.92 Å². The van der Waals surface area contributed by atoms with Gasteiger partial charge in [-0.15, -0.1) is 0 Å². The van der Waals surface area contributed by atoms with Gasteiger partial charge in [0.1, 0.15) is 0 Å². The van der Waals surface area contributed by atoms with E-state index in [-0.39, 0.29) is 11.8 Å². The second-order valence-corrected chi connectivity index (χ2v) is 4.51. The van der Waals surface area contributed by atoms with Gasteiger partial charge in [0.15, 0.2) is 0 Å². The molecule has 1 heterocycles. The molecule has 0 bridgehead atoms. The number of nitrogens with zero attached hydrogens (tertiary/aromatic N) is 1. The smallest absolute Gasteiger partial charge is 0.392 e. The summed E-state index contributed by atoms with van der Waals surface area (Å²) in [5, 5.41) is 0. The average Bonchev–Trinajstić information content (AvgIpc) is 3.12. The lowest BCUT2D eigenvalue weighted by molar-refractivity contribution is -0.139. The summed E-state index contributed by atoms with van der Waals surface area (Å²) in [6.45, 7) is 0.0612. The molecule has 0 radical (unpaired) electrons. The molecule has 2 N–H and O–H groups in total. The van der Waals surface area contributed by atoms with Crippen LogP contribution in [0.4, 0.5) is 18.9 Å². The molecule has 19 heavy (non-hydrogen) atoms. The van der Waals surface area contributed by atoms with Gasteiger partial charge in [0.25, 0.3) is 0 Å². The van der Waals surface area contributed by atoms with E-state index in [2.05, 4.69) is 4.98 Å². The molecule has 4 nitrogen and oxygen atoms in total. The van der Waals surface area contributed by atoms with Crippen molar-refractivity contribution in [1.29, 1.82) is 0 Å². The molecule has 0 aliphatic heterocycles. The predicted molar refractivity (Wildman–Crippen MR) is 63.0 cm³/mol. The van der Waals surface area contributed by atoms with E-state index in [1.807, 2.05) is 0 Å². The van der Waals surface area contributed by atoms with Crippen LogP contribution in [0.25, 0.3) is 0 Å². The van der Waals surface area contributed by atoms with E-state index in [0.29, 0.717) is 18.2 Å². The van der Waals surface area contributed by atoms with Crippen LogP contribution in [0.15, 0.2) is 12.1 Å². The monoisotopic (exact) mass is 276 g/mol. The summed E-state index contributed by atoms with van der Waals surface area (Å²) in [5.41, 5.74) is 6.02. The Morgan fingerprint density at radius 2 is 2.00 bits per heavy atom. The summed E-state index contributed by atoms with van der Waals surface area (Å²) in [5.74, 6) is 0.844. The summed E-state index contributed by atoms with van der Waals surface area (Å²) in [6.07, 6.45) is -3.00. The van der Waals surface area contributed by atoms with Crippen molar-refractivity contribution in [1.82, 2.24) is 4.98 Å². The molecule has 0 aromatic carbocycles. The Bertz CT molecular complexity index is 433. The Balaban J connectivity index is 1.87. The summed E-state index contributed by atoms with van der Waals surface area (Å²) in [7, 11) is 0. The van der Waals surface area contributed by atoms with Crippen LogP contribution in [-0.4, -0.2) is 24.4 Å². The fourth-order valence-corrected chi connectivity index (χ4v) is 1.38. The van der Waals surface area contributed by atoms with E-state index in [9.17, 15) is 13.2 Å². The first kappa shape index (κ1) is 13.8. The molecule has 1 saturated carbocycles. The lowest BCUT2D eigenvalue weighted by Crippen LogP contribution is -2.13. The molecule has 1 aliphatic carbocycles. The molecule has 0 unspecified atom stereocenters. The van der Waals surface area contributed by atoms with Gasteiger partial charge in [-0.05, 0) is 24.8 Å². The van der Waals surface area contributed by atoms with Gasteiger partial charge in [0, 0.05) is 6.07 Å². The second-order valence-electron chi connectivity index (χ2n) is 4.51. The fourth-order valence-electron chi connectivity index (χ4n) is 1.38. The molecule has 1 aromatic heterocycles. The number of ether oxygens (including phenoxy) is 2. The molecule has 106 valence electrons. The molecule has 1 aromatic rings. The van der Waals surface area contributed by atoms with E-state index in [4.69, 9.17) is 15.2 Å². The van der Waals surface area contributed by atoms with Crippen LogP contribution in [0, 0.1) is 5.92 Å². The van der Waals surface area contributed by atoms with Gasteiger partial charge in [-0.25, -0.2) is 0 Å². The Morgan fingerprint density at radius 1 is 1.26 bits per heavy atom. The first-order valence-corrected chi connectivity index (χ1v) is 6.03. The third-order valence-corrected chi connectivity index (χ3v) is 2.65. The topological polar surface area (TPSA) is 57.4 Å². The maximum absolute atomic E-state index is 12.0. The van der Waals surface area contributed by atoms with Crippen molar-refractivity contribution in [2.45, 2.75) is 25.4 Å². The first-order valence-electron chi connectivity index (χ1n) is 6.03. The summed E-state index contributed by atoms with van der Waals surface area (Å²) >= 11 is 0. The SMILES string of the molecule is Nc1ccc(OCCC(F)(F)F)nc1OCC1CC1. The number of hydrogen-bond donors (Lipinski definition) is 1. The number of nitrogens with two attached hydrogens (primary N) is 1. The minimum absolute atomic E-state index is 0.0873. The van der Waals surface area contributed by atoms with Crippen molar-refractivity contribution in [3.63, 3.8) is 0 Å². The van der Waals surface area contributed by atoms with Crippen LogP contribution in [-0.2, 0) is 0 Å².